The van der Waals surface area contributed by atoms with Crippen LogP contribution in [0.5, 0.6) is 0 Å². The minimum Gasteiger partial charge on any atom is -0.336 e. The van der Waals surface area contributed by atoms with Crippen LogP contribution in [-0.4, -0.2) is 19.2 Å². The molecule has 0 amide bonds. The highest BCUT2D eigenvalue weighted by atomic mass is 35.5. The first-order valence-corrected chi connectivity index (χ1v) is 10.9. The number of rotatable bonds is 4. The molecule has 0 aliphatic heterocycles. The second-order valence-electron chi connectivity index (χ2n) is 6.74. The van der Waals surface area contributed by atoms with E-state index in [-0.39, 0.29) is 10.7 Å². The fourth-order valence-electron chi connectivity index (χ4n) is 3.30. The fraction of sp³-hybridized carbons (Fsp3) is 0.0909. The van der Waals surface area contributed by atoms with Crippen LogP contribution in [0.25, 0.3) is 22.2 Å². The van der Waals surface area contributed by atoms with Crippen molar-refractivity contribution in [1.82, 2.24) is 4.57 Å². The summed E-state index contributed by atoms with van der Waals surface area (Å²) >= 11 is 5.99. The van der Waals surface area contributed by atoms with Gasteiger partial charge < -0.3 is 4.57 Å². The maximum atomic E-state index is 13.7. The van der Waals surface area contributed by atoms with E-state index in [1.165, 1.54) is 18.4 Å². The van der Waals surface area contributed by atoms with Crippen molar-refractivity contribution in [3.8, 4) is 11.3 Å². The number of aromatic nitrogens is 1. The summed E-state index contributed by atoms with van der Waals surface area (Å²) in [5.74, 6) is -0.296. The van der Waals surface area contributed by atoms with Gasteiger partial charge in [0.2, 0.25) is 0 Å². The van der Waals surface area contributed by atoms with E-state index in [1.807, 2.05) is 30.3 Å². The molecule has 28 heavy (non-hydrogen) atoms. The van der Waals surface area contributed by atoms with Gasteiger partial charge in [-0.2, -0.15) is 0 Å². The average Bonchev–Trinajstić information content (AvgIpc) is 3.00. The zero-order chi connectivity index (χ0) is 19.9. The Balaban J connectivity index is 1.86. The van der Waals surface area contributed by atoms with Crippen LogP contribution in [0, 0.1) is 5.82 Å². The van der Waals surface area contributed by atoms with Crippen LogP contribution in [0.15, 0.2) is 77.7 Å². The molecule has 0 N–H and O–H groups in total. The molecule has 142 valence electrons. The third kappa shape index (κ3) is 3.68. The van der Waals surface area contributed by atoms with Crippen LogP contribution >= 0.6 is 11.6 Å². The Kier molecular flexibility index (Phi) is 4.73. The number of nitrogens with zero attached hydrogens (tertiary/aromatic N) is 1. The Labute approximate surface area is 167 Å². The molecule has 1 aromatic heterocycles. The Morgan fingerprint density at radius 2 is 1.61 bits per heavy atom. The number of hydrogen-bond acceptors (Lipinski definition) is 2. The van der Waals surface area contributed by atoms with Crippen molar-refractivity contribution in [2.75, 3.05) is 6.26 Å². The Hall–Kier alpha value is -2.63. The quantitative estimate of drug-likeness (QED) is 0.439. The van der Waals surface area contributed by atoms with E-state index >= 15 is 0 Å². The van der Waals surface area contributed by atoms with E-state index in [1.54, 1.807) is 30.3 Å². The Morgan fingerprint density at radius 3 is 2.25 bits per heavy atom. The van der Waals surface area contributed by atoms with E-state index < -0.39 is 9.84 Å². The molecular formula is C22H17ClFNO2S. The second kappa shape index (κ2) is 7.08. The Morgan fingerprint density at radius 1 is 0.929 bits per heavy atom. The van der Waals surface area contributed by atoms with Crippen LogP contribution in [0.3, 0.4) is 0 Å². The maximum absolute atomic E-state index is 13.7. The largest absolute Gasteiger partial charge is 0.336 e. The summed E-state index contributed by atoms with van der Waals surface area (Å²) in [5, 5.41) is 1.45. The summed E-state index contributed by atoms with van der Waals surface area (Å²) < 4.78 is 39.3. The molecule has 0 atom stereocenters. The smallest absolute Gasteiger partial charge is 0.175 e. The van der Waals surface area contributed by atoms with Gasteiger partial charge >= 0.3 is 0 Å². The molecule has 0 aliphatic rings. The molecule has 4 aromatic rings. The lowest BCUT2D eigenvalue weighted by molar-refractivity contribution is 0.602. The van der Waals surface area contributed by atoms with Crippen molar-refractivity contribution in [1.29, 1.82) is 0 Å². The predicted octanol–water partition coefficient (Wildman–Crippen LogP) is 5.55. The van der Waals surface area contributed by atoms with Gasteiger partial charge in [0.15, 0.2) is 9.84 Å². The third-order valence-corrected chi connectivity index (χ3v) is 6.08. The molecule has 0 unspecified atom stereocenters. The van der Waals surface area contributed by atoms with Crippen LogP contribution in [0.1, 0.15) is 5.56 Å². The first-order chi connectivity index (χ1) is 13.3. The van der Waals surface area contributed by atoms with Crippen LogP contribution < -0.4 is 0 Å². The second-order valence-corrected chi connectivity index (χ2v) is 9.19. The lowest BCUT2D eigenvalue weighted by Gasteiger charge is -2.12. The molecule has 6 heteroatoms. The van der Waals surface area contributed by atoms with E-state index in [0.29, 0.717) is 11.6 Å². The summed E-state index contributed by atoms with van der Waals surface area (Å²) in [7, 11) is -3.26. The van der Waals surface area contributed by atoms with E-state index in [4.69, 9.17) is 11.6 Å². The van der Waals surface area contributed by atoms with Crippen LogP contribution in [0.4, 0.5) is 4.39 Å². The van der Waals surface area contributed by atoms with E-state index in [0.717, 1.165) is 27.7 Å². The maximum Gasteiger partial charge on any atom is 0.175 e. The molecular weight excluding hydrogens is 397 g/mol. The van der Waals surface area contributed by atoms with E-state index in [2.05, 4.69) is 4.57 Å². The zero-order valence-corrected chi connectivity index (χ0v) is 16.6. The molecule has 3 nitrogen and oxygen atoms in total. The highest BCUT2D eigenvalue weighted by Gasteiger charge is 2.13. The van der Waals surface area contributed by atoms with Gasteiger partial charge in [0.25, 0.3) is 0 Å². The molecule has 4 rings (SSSR count). The van der Waals surface area contributed by atoms with Crippen molar-refractivity contribution < 1.29 is 12.8 Å². The molecule has 0 radical (unpaired) electrons. The molecule has 0 saturated heterocycles. The minimum absolute atomic E-state index is 0.266. The molecule has 0 aliphatic carbocycles. The van der Waals surface area contributed by atoms with Crippen molar-refractivity contribution in [2.45, 2.75) is 11.4 Å². The predicted molar refractivity (Wildman–Crippen MR) is 111 cm³/mol. The van der Waals surface area contributed by atoms with Crippen LogP contribution in [-0.2, 0) is 16.4 Å². The van der Waals surface area contributed by atoms with Gasteiger partial charge in [0, 0.05) is 34.4 Å². The summed E-state index contributed by atoms with van der Waals surface area (Å²) in [4.78, 5) is 0.266. The zero-order valence-electron chi connectivity index (χ0n) is 15.1. The summed E-state index contributed by atoms with van der Waals surface area (Å²) in [5.41, 5.74) is 3.70. The number of benzene rings is 3. The van der Waals surface area contributed by atoms with Gasteiger partial charge in [0.05, 0.1) is 4.90 Å². The minimum atomic E-state index is -3.26. The first-order valence-electron chi connectivity index (χ1n) is 8.65. The Bertz CT molecular complexity index is 1260. The van der Waals surface area contributed by atoms with Gasteiger partial charge in [-0.05, 0) is 59.7 Å². The van der Waals surface area contributed by atoms with Crippen molar-refractivity contribution in [3.05, 3.63) is 89.2 Å². The SMILES string of the molecule is CS(=O)(=O)c1ccc(-c2cc3cc(F)ccc3n2Cc2ccc(Cl)cc2)cc1. The summed E-state index contributed by atoms with van der Waals surface area (Å²) in [6.07, 6.45) is 1.18. The summed E-state index contributed by atoms with van der Waals surface area (Å²) in [6, 6.07) is 20.9. The van der Waals surface area contributed by atoms with Crippen molar-refractivity contribution in [3.63, 3.8) is 0 Å². The number of hydrogen-bond donors (Lipinski definition) is 0. The molecule has 0 spiro atoms. The lowest BCUT2D eigenvalue weighted by atomic mass is 10.1. The highest BCUT2D eigenvalue weighted by molar-refractivity contribution is 7.90. The number of halogens is 2. The molecule has 0 bridgehead atoms. The first kappa shape index (κ1) is 18.7. The van der Waals surface area contributed by atoms with Crippen molar-refractivity contribution in [2.24, 2.45) is 0 Å². The molecule has 1 heterocycles. The third-order valence-electron chi connectivity index (χ3n) is 4.70. The molecule has 3 aromatic carbocycles. The van der Waals surface area contributed by atoms with Gasteiger partial charge in [-0.3, -0.25) is 0 Å². The monoisotopic (exact) mass is 413 g/mol. The number of sulfone groups is 1. The van der Waals surface area contributed by atoms with Gasteiger partial charge in [-0.1, -0.05) is 35.9 Å². The van der Waals surface area contributed by atoms with Gasteiger partial charge in [-0.25, -0.2) is 12.8 Å². The normalized spacial score (nSPS) is 11.8. The van der Waals surface area contributed by atoms with Crippen molar-refractivity contribution >= 4 is 32.3 Å². The highest BCUT2D eigenvalue weighted by Crippen LogP contribution is 2.30. The fourth-order valence-corrected chi connectivity index (χ4v) is 4.05. The summed E-state index contributed by atoms with van der Waals surface area (Å²) in [6.45, 7) is 0.579. The lowest BCUT2D eigenvalue weighted by Crippen LogP contribution is -2.02. The topological polar surface area (TPSA) is 39.1 Å². The number of fused-ring (bicyclic) bond motifs is 1. The van der Waals surface area contributed by atoms with Crippen LogP contribution in [0.2, 0.25) is 5.02 Å². The molecule has 0 fully saturated rings. The molecule has 0 saturated carbocycles. The van der Waals surface area contributed by atoms with Gasteiger partial charge in [-0.15, -0.1) is 0 Å². The standard InChI is InChI=1S/C22H17ClFNO2S/c1-28(26,27)20-9-4-16(5-10-20)22-13-17-12-19(24)8-11-21(17)25(22)14-15-2-6-18(23)7-3-15/h2-13H,14H2,1H3. The average molecular weight is 414 g/mol. The van der Waals surface area contributed by atoms with E-state index in [9.17, 15) is 12.8 Å². The van der Waals surface area contributed by atoms with Gasteiger partial charge in [0.1, 0.15) is 5.82 Å².